The van der Waals surface area contributed by atoms with E-state index >= 15 is 0 Å². The van der Waals surface area contributed by atoms with Gasteiger partial charge in [-0.05, 0) is 78.8 Å². The molecule has 3 rings (SSSR count). The number of hydrogen-bond donors (Lipinski definition) is 0. The van der Waals surface area contributed by atoms with Crippen LogP contribution in [0.3, 0.4) is 0 Å². The highest BCUT2D eigenvalue weighted by Gasteiger charge is 2.42. The van der Waals surface area contributed by atoms with E-state index in [0.29, 0.717) is 23.9 Å². The van der Waals surface area contributed by atoms with E-state index in [1.807, 2.05) is 60.3 Å². The van der Waals surface area contributed by atoms with Gasteiger partial charge < -0.3 is 4.74 Å². The lowest BCUT2D eigenvalue weighted by atomic mass is 9.78. The van der Waals surface area contributed by atoms with Crippen LogP contribution < -0.4 is 4.31 Å². The second kappa shape index (κ2) is 12.5. The van der Waals surface area contributed by atoms with Crippen LogP contribution in [0.2, 0.25) is 5.02 Å². The molecule has 5 nitrogen and oxygen atoms in total. The Morgan fingerprint density at radius 2 is 1.91 bits per heavy atom. The topological polar surface area (TPSA) is 45.1 Å². The molecule has 1 unspecified atom stereocenters. The number of hydrazone groups is 1. The van der Waals surface area contributed by atoms with Crippen molar-refractivity contribution in [3.8, 4) is 0 Å². The largest absolute Gasteiger partial charge is 0.384 e. The summed E-state index contributed by atoms with van der Waals surface area (Å²) in [6.07, 6.45) is 4.13. The number of anilines is 1. The summed E-state index contributed by atoms with van der Waals surface area (Å²) in [6.45, 7) is 3.29. The van der Waals surface area contributed by atoms with Gasteiger partial charge in [-0.3, -0.25) is 0 Å². The molecule has 9 heteroatoms. The Morgan fingerprint density at radius 3 is 2.55 bits per heavy atom. The van der Waals surface area contributed by atoms with Gasteiger partial charge in [0.15, 0.2) is 0 Å². The molecule has 33 heavy (non-hydrogen) atoms. The van der Waals surface area contributed by atoms with Crippen molar-refractivity contribution in [3.63, 3.8) is 0 Å². The normalized spacial score (nSPS) is 17.8. The molecule has 0 bridgehead atoms. The molecule has 2 aromatic rings. The number of nitrogens with zero attached hydrogens (tertiary/aromatic N) is 3. The van der Waals surface area contributed by atoms with Crippen molar-refractivity contribution >= 4 is 68.7 Å². The second-order valence-corrected chi connectivity index (χ2v) is 11.4. The first kappa shape index (κ1) is 26.4. The van der Waals surface area contributed by atoms with Crippen LogP contribution in [-0.2, 0) is 4.74 Å². The van der Waals surface area contributed by atoms with Gasteiger partial charge in [-0.1, -0.05) is 46.6 Å². The first-order chi connectivity index (χ1) is 15.9. The fourth-order valence-electron chi connectivity index (χ4n) is 3.74. The average molecular weight is 571 g/mol. The maximum atomic E-state index is 13.7. The summed E-state index contributed by atoms with van der Waals surface area (Å²) < 4.78 is 7.88. The van der Waals surface area contributed by atoms with Crippen LogP contribution in [0.4, 0.5) is 10.5 Å². The molecule has 0 saturated carbocycles. The number of amides is 2. The minimum absolute atomic E-state index is 0.154. The molecule has 2 amide bonds. The number of carbonyl (C=O) groups excluding carboxylic acids is 1. The third kappa shape index (κ3) is 6.92. The Morgan fingerprint density at radius 1 is 1.21 bits per heavy atom. The summed E-state index contributed by atoms with van der Waals surface area (Å²) in [5.74, 6) is 1.74. The van der Waals surface area contributed by atoms with E-state index < -0.39 is 0 Å². The summed E-state index contributed by atoms with van der Waals surface area (Å²) in [4.78, 5) is 13.7. The fraction of sp³-hybridized carbons (Fsp3) is 0.417. The van der Waals surface area contributed by atoms with Crippen molar-refractivity contribution in [3.05, 3.63) is 63.6 Å². The van der Waals surface area contributed by atoms with Gasteiger partial charge in [0.1, 0.15) is 0 Å². The van der Waals surface area contributed by atoms with Crippen LogP contribution in [0.15, 0.2) is 58.1 Å². The van der Waals surface area contributed by atoms with Crippen LogP contribution in [0.5, 0.6) is 0 Å². The summed E-state index contributed by atoms with van der Waals surface area (Å²) in [7, 11) is 1.66. The van der Waals surface area contributed by atoms with E-state index in [1.165, 1.54) is 11.9 Å². The Labute approximate surface area is 218 Å². The molecule has 1 heterocycles. The van der Waals surface area contributed by atoms with Gasteiger partial charge in [0.05, 0.1) is 24.6 Å². The summed E-state index contributed by atoms with van der Waals surface area (Å²) in [5, 5.41) is 7.17. The summed E-state index contributed by atoms with van der Waals surface area (Å²) >= 11 is 12.9. The number of urea groups is 1. The maximum absolute atomic E-state index is 13.7. The number of ether oxygens (including phenoxy) is 1. The van der Waals surface area contributed by atoms with Gasteiger partial charge in [0, 0.05) is 27.8 Å². The molecule has 178 valence electrons. The van der Waals surface area contributed by atoms with Crippen LogP contribution >= 0.6 is 51.2 Å². The molecular weight excluding hydrogens is 542 g/mol. The predicted molar refractivity (Wildman–Crippen MR) is 147 cm³/mol. The Balaban J connectivity index is 1.91. The van der Waals surface area contributed by atoms with Crippen LogP contribution in [-0.4, -0.2) is 54.8 Å². The van der Waals surface area contributed by atoms with Crippen molar-refractivity contribution in [2.24, 2.45) is 10.5 Å². The van der Waals surface area contributed by atoms with Gasteiger partial charge in [-0.2, -0.15) is 16.9 Å². The van der Waals surface area contributed by atoms with Crippen molar-refractivity contribution in [2.45, 2.75) is 19.8 Å². The summed E-state index contributed by atoms with van der Waals surface area (Å²) in [5.41, 5.74) is 2.51. The zero-order valence-corrected chi connectivity index (χ0v) is 23.1. The van der Waals surface area contributed by atoms with Gasteiger partial charge >= 0.3 is 6.03 Å². The number of halogens is 2. The van der Waals surface area contributed by atoms with Crippen molar-refractivity contribution < 1.29 is 9.53 Å². The molecule has 2 aromatic carbocycles. The van der Waals surface area contributed by atoms with E-state index in [2.05, 4.69) is 29.1 Å². The van der Waals surface area contributed by atoms with E-state index in [1.54, 1.807) is 16.4 Å². The SMILES string of the molecule is COCCSN(C(=O)N1CC(C)(CCCSC)C(c2ccc(Cl)cc2)=N1)c1ccc(Br)cc1. The number of thioether (sulfide) groups is 1. The molecule has 0 saturated heterocycles. The first-order valence-electron chi connectivity index (χ1n) is 10.7. The molecule has 1 atom stereocenters. The third-order valence-electron chi connectivity index (χ3n) is 5.45. The lowest BCUT2D eigenvalue weighted by Gasteiger charge is -2.28. The third-order valence-corrected chi connectivity index (χ3v) is 7.90. The standard InChI is InChI=1S/C24H29BrClN3O2S2/c1-24(13-4-15-32-3)17-28(27-22(24)18-5-9-20(26)10-6-18)23(30)29(33-16-14-31-2)21-11-7-19(25)8-12-21/h5-12H,4,13-17H2,1-3H3. The zero-order valence-electron chi connectivity index (χ0n) is 19.1. The Kier molecular flexibility index (Phi) is 10.0. The molecule has 1 aliphatic heterocycles. The quantitative estimate of drug-likeness (QED) is 0.224. The van der Waals surface area contributed by atoms with E-state index in [9.17, 15) is 4.79 Å². The Hall–Kier alpha value is -1.19. The van der Waals surface area contributed by atoms with Crippen LogP contribution in [0.25, 0.3) is 0 Å². The molecule has 0 radical (unpaired) electrons. The number of benzene rings is 2. The van der Waals surface area contributed by atoms with Gasteiger partial charge in [0.2, 0.25) is 0 Å². The van der Waals surface area contributed by atoms with Gasteiger partial charge in [-0.15, -0.1) is 0 Å². The fourth-order valence-corrected chi connectivity index (χ4v) is 5.47. The molecule has 0 spiro atoms. The van der Waals surface area contributed by atoms with Crippen molar-refractivity contribution in [1.29, 1.82) is 0 Å². The molecule has 0 fully saturated rings. The number of carbonyl (C=O) groups is 1. The smallest absolute Gasteiger partial charge is 0.355 e. The van der Waals surface area contributed by atoms with Crippen LogP contribution in [0, 0.1) is 5.41 Å². The Bertz CT molecular complexity index is 959. The minimum Gasteiger partial charge on any atom is -0.384 e. The molecule has 0 N–H and O–H groups in total. The summed E-state index contributed by atoms with van der Waals surface area (Å²) in [6, 6.07) is 15.3. The molecular formula is C24H29BrClN3O2S2. The molecule has 1 aliphatic rings. The van der Waals surface area contributed by atoms with Crippen LogP contribution in [0.1, 0.15) is 25.3 Å². The first-order valence-corrected chi connectivity index (χ1v) is 14.2. The monoisotopic (exact) mass is 569 g/mol. The van der Waals surface area contributed by atoms with Gasteiger partial charge in [-0.25, -0.2) is 14.1 Å². The maximum Gasteiger partial charge on any atom is 0.355 e. The van der Waals surface area contributed by atoms with Gasteiger partial charge in [0.25, 0.3) is 0 Å². The lowest BCUT2D eigenvalue weighted by molar-refractivity contribution is 0.203. The van der Waals surface area contributed by atoms with E-state index in [-0.39, 0.29) is 11.4 Å². The minimum atomic E-state index is -0.234. The number of methoxy groups -OCH3 is 1. The zero-order chi connectivity index (χ0) is 23.8. The highest BCUT2D eigenvalue weighted by Crippen LogP contribution is 2.38. The molecule has 0 aromatic heterocycles. The van der Waals surface area contributed by atoms with E-state index in [0.717, 1.165) is 40.0 Å². The average Bonchev–Trinajstić information content (AvgIpc) is 3.15. The van der Waals surface area contributed by atoms with Crippen molar-refractivity contribution in [2.75, 3.05) is 42.3 Å². The van der Waals surface area contributed by atoms with E-state index in [4.69, 9.17) is 21.4 Å². The highest BCUT2D eigenvalue weighted by atomic mass is 79.9. The molecule has 0 aliphatic carbocycles. The van der Waals surface area contributed by atoms with Crippen molar-refractivity contribution in [1.82, 2.24) is 5.01 Å². The predicted octanol–water partition coefficient (Wildman–Crippen LogP) is 7.19. The number of rotatable bonds is 10. The second-order valence-electron chi connectivity index (χ2n) is 8.05. The lowest BCUT2D eigenvalue weighted by Crippen LogP contribution is -2.39. The highest BCUT2D eigenvalue weighted by molar-refractivity contribution is 9.10. The number of hydrogen-bond acceptors (Lipinski definition) is 5.